The molecule has 0 aliphatic heterocycles. The number of oxazole rings is 1. The van der Waals surface area contributed by atoms with E-state index in [1.165, 1.54) is 0 Å². The Morgan fingerprint density at radius 3 is 2.60 bits per heavy atom. The minimum absolute atomic E-state index is 0.132. The Labute approximate surface area is 174 Å². The molecule has 1 aromatic carbocycles. The fraction of sp³-hybridized carbons (Fsp3) is 0.348. The van der Waals surface area contributed by atoms with Crippen molar-refractivity contribution in [3.63, 3.8) is 0 Å². The molecule has 1 saturated carbocycles. The zero-order valence-corrected chi connectivity index (χ0v) is 16.7. The second-order valence-electron chi connectivity index (χ2n) is 7.80. The first-order chi connectivity index (χ1) is 14.6. The minimum Gasteiger partial charge on any atom is -0.481 e. The molecule has 1 amide bonds. The predicted molar refractivity (Wildman–Crippen MR) is 111 cm³/mol. The molecule has 156 valence electrons. The topological polar surface area (TPSA) is 97.4 Å². The number of hydrogen-bond acceptors (Lipinski definition) is 4. The molecule has 4 rings (SSSR count). The van der Waals surface area contributed by atoms with Crippen LogP contribution in [0.4, 0.5) is 0 Å². The summed E-state index contributed by atoms with van der Waals surface area (Å²) in [7, 11) is 0. The van der Waals surface area contributed by atoms with Gasteiger partial charge in [-0.2, -0.15) is 0 Å². The molecule has 0 radical (unpaired) electrons. The van der Waals surface area contributed by atoms with E-state index < -0.39 is 5.97 Å². The molecule has 1 fully saturated rings. The quantitative estimate of drug-likeness (QED) is 0.621. The van der Waals surface area contributed by atoms with Crippen LogP contribution in [0.5, 0.6) is 0 Å². The summed E-state index contributed by atoms with van der Waals surface area (Å²) in [6.45, 7) is 1.01. The largest absolute Gasteiger partial charge is 0.481 e. The molecular formula is C23H25N3O4. The van der Waals surface area contributed by atoms with Crippen LogP contribution in [0, 0.1) is 11.8 Å². The van der Waals surface area contributed by atoms with Crippen LogP contribution in [-0.4, -0.2) is 33.1 Å². The monoisotopic (exact) mass is 407 g/mol. The average molecular weight is 407 g/mol. The third-order valence-electron chi connectivity index (χ3n) is 5.71. The standard InChI is InChI=1S/C23H25N3O4/c27-21(24-13-16-8-10-18(11-9-16)23(28)29)20-7-4-12-26(20)14-19-15-30-22(25-19)17-5-2-1-3-6-17/h1-7,12,15-16,18H,8-11,13-14H2,(H,24,27)(H,28,29)/t16-,18-. The van der Waals surface area contributed by atoms with Gasteiger partial charge in [0.05, 0.1) is 18.2 Å². The van der Waals surface area contributed by atoms with Crippen molar-refractivity contribution in [3.8, 4) is 11.5 Å². The maximum absolute atomic E-state index is 12.7. The molecule has 1 aliphatic rings. The molecule has 1 aliphatic carbocycles. The van der Waals surface area contributed by atoms with Gasteiger partial charge in [-0.05, 0) is 55.9 Å². The highest BCUT2D eigenvalue weighted by Crippen LogP contribution is 2.28. The highest BCUT2D eigenvalue weighted by atomic mass is 16.4. The number of benzene rings is 1. The van der Waals surface area contributed by atoms with Gasteiger partial charge in [0.15, 0.2) is 0 Å². The lowest BCUT2D eigenvalue weighted by Crippen LogP contribution is -2.33. The lowest BCUT2D eigenvalue weighted by Gasteiger charge is -2.26. The van der Waals surface area contributed by atoms with Gasteiger partial charge in [0.1, 0.15) is 12.0 Å². The Kier molecular flexibility index (Phi) is 5.97. The van der Waals surface area contributed by atoms with Crippen molar-refractivity contribution in [1.82, 2.24) is 14.9 Å². The SMILES string of the molecule is O=C(NC[C@H]1CC[C@H](C(=O)O)CC1)c1cccn1Cc1coc(-c2ccccc2)n1. The highest BCUT2D eigenvalue weighted by molar-refractivity contribution is 5.92. The van der Waals surface area contributed by atoms with Crippen LogP contribution in [0.15, 0.2) is 59.3 Å². The second kappa shape index (κ2) is 8.98. The van der Waals surface area contributed by atoms with Gasteiger partial charge in [-0.25, -0.2) is 4.98 Å². The lowest BCUT2D eigenvalue weighted by atomic mass is 9.82. The summed E-state index contributed by atoms with van der Waals surface area (Å²) in [5.41, 5.74) is 2.22. The molecule has 0 bridgehead atoms. The first kappa shape index (κ1) is 19.9. The molecule has 2 N–H and O–H groups in total. The van der Waals surface area contributed by atoms with Crippen LogP contribution in [0.25, 0.3) is 11.5 Å². The van der Waals surface area contributed by atoms with Crippen molar-refractivity contribution in [2.45, 2.75) is 32.2 Å². The number of nitrogens with one attached hydrogen (secondary N) is 1. The van der Waals surface area contributed by atoms with E-state index in [1.807, 2.05) is 47.2 Å². The number of aromatic nitrogens is 2. The van der Waals surface area contributed by atoms with Gasteiger partial charge in [0, 0.05) is 18.3 Å². The van der Waals surface area contributed by atoms with Crippen LogP contribution < -0.4 is 5.32 Å². The molecule has 30 heavy (non-hydrogen) atoms. The minimum atomic E-state index is -0.710. The molecular weight excluding hydrogens is 382 g/mol. The Morgan fingerprint density at radius 2 is 1.87 bits per heavy atom. The maximum Gasteiger partial charge on any atom is 0.306 e. The van der Waals surface area contributed by atoms with E-state index in [0.29, 0.717) is 43.4 Å². The highest BCUT2D eigenvalue weighted by Gasteiger charge is 2.26. The van der Waals surface area contributed by atoms with Gasteiger partial charge < -0.3 is 19.4 Å². The van der Waals surface area contributed by atoms with E-state index >= 15 is 0 Å². The van der Waals surface area contributed by atoms with E-state index in [0.717, 1.165) is 24.1 Å². The summed E-state index contributed by atoms with van der Waals surface area (Å²) in [6.07, 6.45) is 6.50. The predicted octanol–water partition coefficient (Wildman–Crippen LogP) is 3.81. The molecule has 3 aromatic rings. The maximum atomic E-state index is 12.7. The fourth-order valence-corrected chi connectivity index (χ4v) is 3.97. The number of nitrogens with zero attached hydrogens (tertiary/aromatic N) is 2. The van der Waals surface area contributed by atoms with E-state index in [-0.39, 0.29) is 11.8 Å². The number of carbonyl (C=O) groups is 2. The van der Waals surface area contributed by atoms with Crippen molar-refractivity contribution >= 4 is 11.9 Å². The van der Waals surface area contributed by atoms with Crippen molar-refractivity contribution in [1.29, 1.82) is 0 Å². The number of rotatable bonds is 7. The van der Waals surface area contributed by atoms with Gasteiger partial charge >= 0.3 is 5.97 Å². The first-order valence-electron chi connectivity index (χ1n) is 10.3. The van der Waals surface area contributed by atoms with Crippen molar-refractivity contribution in [3.05, 3.63) is 66.3 Å². The van der Waals surface area contributed by atoms with Gasteiger partial charge in [-0.15, -0.1) is 0 Å². The molecule has 2 aromatic heterocycles. The van der Waals surface area contributed by atoms with Gasteiger partial charge in [0.2, 0.25) is 5.89 Å². The zero-order valence-electron chi connectivity index (χ0n) is 16.7. The smallest absolute Gasteiger partial charge is 0.306 e. The molecule has 0 unspecified atom stereocenters. The lowest BCUT2D eigenvalue weighted by molar-refractivity contribution is -0.143. The number of hydrogen-bond donors (Lipinski definition) is 2. The Hall–Kier alpha value is -3.35. The third kappa shape index (κ3) is 4.62. The first-order valence-corrected chi connectivity index (χ1v) is 10.3. The Bertz CT molecular complexity index is 1000. The summed E-state index contributed by atoms with van der Waals surface area (Å²) in [4.78, 5) is 28.3. The van der Waals surface area contributed by atoms with Crippen LogP contribution in [0.1, 0.15) is 41.9 Å². The van der Waals surface area contributed by atoms with Crippen LogP contribution in [0.2, 0.25) is 0 Å². The molecule has 2 heterocycles. The number of amides is 1. The Morgan fingerprint density at radius 1 is 1.10 bits per heavy atom. The summed E-state index contributed by atoms with van der Waals surface area (Å²) in [6, 6.07) is 13.3. The number of carboxylic acid groups (broad SMARTS) is 1. The summed E-state index contributed by atoms with van der Waals surface area (Å²) >= 11 is 0. The zero-order chi connectivity index (χ0) is 20.9. The van der Waals surface area contributed by atoms with Crippen molar-refractivity contribution in [2.75, 3.05) is 6.54 Å². The number of carboxylic acids is 1. The Balaban J connectivity index is 1.34. The average Bonchev–Trinajstić information content (AvgIpc) is 3.43. The van der Waals surface area contributed by atoms with Crippen molar-refractivity contribution < 1.29 is 19.1 Å². The van der Waals surface area contributed by atoms with Crippen molar-refractivity contribution in [2.24, 2.45) is 11.8 Å². The molecule has 0 atom stereocenters. The van der Waals surface area contributed by atoms with Crippen LogP contribution in [0.3, 0.4) is 0 Å². The van der Waals surface area contributed by atoms with Gasteiger partial charge in [0.25, 0.3) is 5.91 Å². The van der Waals surface area contributed by atoms with E-state index in [2.05, 4.69) is 10.3 Å². The second-order valence-corrected chi connectivity index (χ2v) is 7.80. The molecule has 7 heteroatoms. The molecule has 0 saturated heterocycles. The van der Waals surface area contributed by atoms with Gasteiger partial charge in [-0.1, -0.05) is 18.2 Å². The molecule has 7 nitrogen and oxygen atoms in total. The third-order valence-corrected chi connectivity index (χ3v) is 5.71. The van der Waals surface area contributed by atoms with E-state index in [9.17, 15) is 9.59 Å². The van der Waals surface area contributed by atoms with Crippen LogP contribution in [-0.2, 0) is 11.3 Å². The van der Waals surface area contributed by atoms with E-state index in [4.69, 9.17) is 9.52 Å². The normalized spacial score (nSPS) is 18.8. The van der Waals surface area contributed by atoms with Gasteiger partial charge in [-0.3, -0.25) is 9.59 Å². The number of carbonyl (C=O) groups excluding carboxylic acids is 1. The fourth-order valence-electron chi connectivity index (χ4n) is 3.97. The van der Waals surface area contributed by atoms with Crippen LogP contribution >= 0.6 is 0 Å². The summed E-state index contributed by atoms with van der Waals surface area (Å²) < 4.78 is 7.44. The number of aliphatic carboxylic acids is 1. The van der Waals surface area contributed by atoms with E-state index in [1.54, 1.807) is 12.3 Å². The molecule has 0 spiro atoms. The summed E-state index contributed by atoms with van der Waals surface area (Å²) in [5, 5.41) is 12.1. The summed E-state index contributed by atoms with van der Waals surface area (Å²) in [5.74, 6) is -0.194.